The summed E-state index contributed by atoms with van der Waals surface area (Å²) in [6.07, 6.45) is 5.17. The summed E-state index contributed by atoms with van der Waals surface area (Å²) in [4.78, 5) is 42.2. The van der Waals surface area contributed by atoms with Gasteiger partial charge < -0.3 is 14.8 Å². The van der Waals surface area contributed by atoms with E-state index in [1.54, 1.807) is 35.4 Å². The Bertz CT molecular complexity index is 1110. The van der Waals surface area contributed by atoms with E-state index in [-0.39, 0.29) is 17.7 Å². The zero-order valence-electron chi connectivity index (χ0n) is 17.8. The third kappa shape index (κ3) is 4.21. The number of aromatic nitrogens is 3. The zero-order valence-corrected chi connectivity index (χ0v) is 18.6. The van der Waals surface area contributed by atoms with Crippen molar-refractivity contribution in [3.8, 4) is 0 Å². The van der Waals surface area contributed by atoms with E-state index in [0.717, 1.165) is 42.7 Å². The summed E-state index contributed by atoms with van der Waals surface area (Å²) in [6.45, 7) is 2.58. The molecule has 0 aliphatic carbocycles. The SMILES string of the molecule is O=C(c1cccc(Cl)c1)N1CCCC(C(=O)N2CCC(c3nc4ncccc4[nH]3)CC2)C1. The van der Waals surface area contributed by atoms with Gasteiger partial charge in [-0.25, -0.2) is 9.97 Å². The van der Waals surface area contributed by atoms with Gasteiger partial charge in [-0.3, -0.25) is 9.59 Å². The standard InChI is InChI=1S/C24H26ClN5O2/c25-19-6-1-4-17(14-19)23(31)30-11-3-5-18(15-30)24(32)29-12-8-16(9-13-29)21-27-20-7-2-10-26-22(20)28-21/h1-2,4,6-7,10,14,16,18H,3,5,8-9,11-13,15H2,(H,26,27,28). The number of imidazole rings is 1. The van der Waals surface area contributed by atoms with Crippen molar-refractivity contribution in [2.45, 2.75) is 31.6 Å². The fourth-order valence-corrected chi connectivity index (χ4v) is 5.05. The Hall–Kier alpha value is -2.93. The van der Waals surface area contributed by atoms with E-state index in [4.69, 9.17) is 11.6 Å². The Morgan fingerprint density at radius 2 is 1.88 bits per heavy atom. The molecule has 7 nitrogen and oxygen atoms in total. The first-order chi connectivity index (χ1) is 15.6. The summed E-state index contributed by atoms with van der Waals surface area (Å²) in [6, 6.07) is 10.9. The molecule has 2 aliphatic heterocycles. The number of likely N-dealkylation sites (tertiary alicyclic amines) is 2. The zero-order chi connectivity index (χ0) is 22.1. The van der Waals surface area contributed by atoms with Crippen molar-refractivity contribution in [2.75, 3.05) is 26.2 Å². The number of nitrogens with one attached hydrogen (secondary N) is 1. The largest absolute Gasteiger partial charge is 0.342 e. The summed E-state index contributed by atoms with van der Waals surface area (Å²) in [5.41, 5.74) is 2.27. The predicted octanol–water partition coefficient (Wildman–Crippen LogP) is 3.87. The van der Waals surface area contributed by atoms with Crippen molar-refractivity contribution in [1.82, 2.24) is 24.8 Å². The van der Waals surface area contributed by atoms with Crippen LogP contribution in [0.2, 0.25) is 5.02 Å². The molecule has 0 radical (unpaired) electrons. The molecule has 5 rings (SSSR count). The highest BCUT2D eigenvalue weighted by atomic mass is 35.5. The number of carbonyl (C=O) groups is 2. The number of H-pyrrole nitrogens is 1. The van der Waals surface area contributed by atoms with Crippen LogP contribution in [0.5, 0.6) is 0 Å². The van der Waals surface area contributed by atoms with Gasteiger partial charge in [-0.05, 0) is 56.0 Å². The van der Waals surface area contributed by atoms with Crippen LogP contribution in [0.15, 0.2) is 42.6 Å². The molecule has 1 N–H and O–H groups in total. The number of rotatable bonds is 3. The molecule has 1 unspecified atom stereocenters. The van der Waals surface area contributed by atoms with Gasteiger partial charge >= 0.3 is 0 Å². The number of hydrogen-bond donors (Lipinski definition) is 1. The highest BCUT2D eigenvalue weighted by molar-refractivity contribution is 6.30. The van der Waals surface area contributed by atoms with Crippen molar-refractivity contribution in [3.05, 3.63) is 59.0 Å². The highest BCUT2D eigenvalue weighted by Crippen LogP contribution is 2.29. The Kier molecular flexibility index (Phi) is 5.83. The third-order valence-electron chi connectivity index (χ3n) is 6.60. The first kappa shape index (κ1) is 20.9. The summed E-state index contributed by atoms with van der Waals surface area (Å²) in [5.74, 6) is 1.24. The van der Waals surface area contributed by atoms with Gasteiger partial charge in [0.2, 0.25) is 5.91 Å². The fraction of sp³-hybridized carbons (Fsp3) is 0.417. The van der Waals surface area contributed by atoms with Gasteiger partial charge in [0.15, 0.2) is 5.65 Å². The van der Waals surface area contributed by atoms with Crippen LogP contribution in [0.4, 0.5) is 0 Å². The number of hydrogen-bond acceptors (Lipinski definition) is 4. The van der Waals surface area contributed by atoms with Crippen LogP contribution < -0.4 is 0 Å². The average Bonchev–Trinajstić information content (AvgIpc) is 3.28. The van der Waals surface area contributed by atoms with E-state index >= 15 is 0 Å². The van der Waals surface area contributed by atoms with Crippen molar-refractivity contribution in [2.24, 2.45) is 5.92 Å². The molecule has 2 fully saturated rings. The first-order valence-electron chi connectivity index (χ1n) is 11.2. The number of carbonyl (C=O) groups excluding carboxylic acids is 2. The van der Waals surface area contributed by atoms with E-state index in [1.807, 2.05) is 17.0 Å². The third-order valence-corrected chi connectivity index (χ3v) is 6.83. The minimum atomic E-state index is -0.140. The monoisotopic (exact) mass is 451 g/mol. The summed E-state index contributed by atoms with van der Waals surface area (Å²) in [5, 5.41) is 0.545. The molecule has 32 heavy (non-hydrogen) atoms. The maximum Gasteiger partial charge on any atom is 0.253 e. The molecule has 1 atom stereocenters. The lowest BCUT2D eigenvalue weighted by Gasteiger charge is -2.37. The lowest BCUT2D eigenvalue weighted by molar-refractivity contribution is -0.138. The van der Waals surface area contributed by atoms with Crippen molar-refractivity contribution >= 4 is 34.6 Å². The topological polar surface area (TPSA) is 82.2 Å². The van der Waals surface area contributed by atoms with Crippen molar-refractivity contribution in [1.29, 1.82) is 0 Å². The predicted molar refractivity (Wildman–Crippen MR) is 123 cm³/mol. The van der Waals surface area contributed by atoms with E-state index in [1.165, 1.54) is 0 Å². The van der Waals surface area contributed by atoms with E-state index in [0.29, 0.717) is 42.7 Å². The second kappa shape index (κ2) is 8.90. The van der Waals surface area contributed by atoms with Gasteiger partial charge in [0.05, 0.1) is 11.4 Å². The summed E-state index contributed by atoms with van der Waals surface area (Å²) >= 11 is 6.05. The maximum absolute atomic E-state index is 13.2. The second-order valence-corrected chi connectivity index (χ2v) is 9.13. The number of aromatic amines is 1. The molecule has 166 valence electrons. The Balaban J connectivity index is 1.19. The fourth-order valence-electron chi connectivity index (χ4n) is 4.86. The maximum atomic E-state index is 13.2. The molecule has 8 heteroatoms. The number of amides is 2. The van der Waals surface area contributed by atoms with Gasteiger partial charge in [-0.1, -0.05) is 17.7 Å². The summed E-state index contributed by atoms with van der Waals surface area (Å²) < 4.78 is 0. The number of piperidine rings is 2. The molecule has 2 amide bonds. The van der Waals surface area contributed by atoms with Gasteiger partial charge in [0.1, 0.15) is 5.82 Å². The molecule has 2 aliphatic rings. The molecule has 0 saturated carbocycles. The normalized spacial score (nSPS) is 20.0. The van der Waals surface area contributed by atoms with Gasteiger partial charge in [-0.2, -0.15) is 0 Å². The summed E-state index contributed by atoms with van der Waals surface area (Å²) in [7, 11) is 0. The van der Waals surface area contributed by atoms with Crippen molar-refractivity contribution < 1.29 is 9.59 Å². The molecule has 0 bridgehead atoms. The van der Waals surface area contributed by atoms with Crippen LogP contribution in [0, 0.1) is 5.92 Å². The molecule has 3 aromatic rings. The Morgan fingerprint density at radius 1 is 1.03 bits per heavy atom. The van der Waals surface area contributed by atoms with Crippen LogP contribution in [0.3, 0.4) is 0 Å². The highest BCUT2D eigenvalue weighted by Gasteiger charge is 2.34. The number of benzene rings is 1. The van der Waals surface area contributed by atoms with E-state index in [2.05, 4.69) is 15.0 Å². The number of fused-ring (bicyclic) bond motifs is 1. The molecule has 4 heterocycles. The van der Waals surface area contributed by atoms with Crippen LogP contribution in [0.25, 0.3) is 11.2 Å². The molecule has 0 spiro atoms. The molecular formula is C24H26ClN5O2. The smallest absolute Gasteiger partial charge is 0.253 e. The number of nitrogens with zero attached hydrogens (tertiary/aromatic N) is 4. The molecule has 2 aromatic heterocycles. The van der Waals surface area contributed by atoms with Crippen LogP contribution >= 0.6 is 11.6 Å². The minimum absolute atomic E-state index is 0.0535. The molecular weight excluding hydrogens is 426 g/mol. The lowest BCUT2D eigenvalue weighted by atomic mass is 9.92. The average molecular weight is 452 g/mol. The van der Waals surface area contributed by atoms with Gasteiger partial charge in [-0.15, -0.1) is 0 Å². The second-order valence-electron chi connectivity index (χ2n) is 8.70. The van der Waals surface area contributed by atoms with Crippen LogP contribution in [-0.4, -0.2) is 62.7 Å². The van der Waals surface area contributed by atoms with Crippen LogP contribution in [-0.2, 0) is 4.79 Å². The molecule has 1 aromatic carbocycles. The van der Waals surface area contributed by atoms with Crippen LogP contribution in [0.1, 0.15) is 47.8 Å². The number of pyridine rings is 1. The quantitative estimate of drug-likeness (QED) is 0.655. The number of halogens is 1. The lowest BCUT2D eigenvalue weighted by Crippen LogP contribution is -2.48. The first-order valence-corrected chi connectivity index (χ1v) is 11.6. The Morgan fingerprint density at radius 3 is 2.66 bits per heavy atom. The minimum Gasteiger partial charge on any atom is -0.342 e. The Labute approximate surface area is 191 Å². The van der Waals surface area contributed by atoms with Crippen molar-refractivity contribution in [3.63, 3.8) is 0 Å². The van der Waals surface area contributed by atoms with E-state index < -0.39 is 0 Å². The van der Waals surface area contributed by atoms with Gasteiger partial charge in [0, 0.05) is 48.9 Å². The van der Waals surface area contributed by atoms with E-state index in [9.17, 15) is 9.59 Å². The van der Waals surface area contributed by atoms with Gasteiger partial charge in [0.25, 0.3) is 5.91 Å². The molecule has 2 saturated heterocycles.